The molecule has 0 aromatic heterocycles. The zero-order valence-corrected chi connectivity index (χ0v) is 12.8. The molecule has 0 saturated heterocycles. The highest BCUT2D eigenvalue weighted by molar-refractivity contribution is 5.91. The van der Waals surface area contributed by atoms with Crippen LogP contribution < -0.4 is 10.1 Å². The molecule has 0 fully saturated rings. The van der Waals surface area contributed by atoms with Gasteiger partial charge in [-0.05, 0) is 55.2 Å². The van der Waals surface area contributed by atoms with Crippen LogP contribution in [0.25, 0.3) is 0 Å². The number of anilines is 1. The van der Waals surface area contributed by atoms with Crippen LogP contribution in [0, 0.1) is 13.8 Å². The first-order chi connectivity index (χ1) is 10.1. The summed E-state index contributed by atoms with van der Waals surface area (Å²) >= 11 is 0. The van der Waals surface area contributed by atoms with Gasteiger partial charge in [0.15, 0.2) is 6.61 Å². The summed E-state index contributed by atoms with van der Waals surface area (Å²) in [5, 5.41) is 2.86. The molecule has 2 aromatic rings. The lowest BCUT2D eigenvalue weighted by Gasteiger charge is -2.10. The minimum atomic E-state index is -0.149. The summed E-state index contributed by atoms with van der Waals surface area (Å²) in [6.45, 7) is 6.07. The maximum atomic E-state index is 11.9. The van der Waals surface area contributed by atoms with Crippen molar-refractivity contribution >= 4 is 11.6 Å². The predicted molar refractivity (Wildman–Crippen MR) is 85.9 cm³/mol. The van der Waals surface area contributed by atoms with Gasteiger partial charge in [0, 0.05) is 5.69 Å². The van der Waals surface area contributed by atoms with E-state index in [4.69, 9.17) is 4.74 Å². The fraction of sp³-hybridized carbons (Fsp3) is 0.278. The highest BCUT2D eigenvalue weighted by Gasteiger charge is 2.06. The van der Waals surface area contributed by atoms with Gasteiger partial charge in [0.1, 0.15) is 5.75 Å². The second-order valence-electron chi connectivity index (χ2n) is 5.16. The number of rotatable bonds is 5. The second-order valence-corrected chi connectivity index (χ2v) is 5.16. The van der Waals surface area contributed by atoms with Gasteiger partial charge in [-0.2, -0.15) is 0 Å². The fourth-order valence-electron chi connectivity index (χ4n) is 2.07. The molecule has 0 spiro atoms. The first-order valence-corrected chi connectivity index (χ1v) is 7.17. The molecular weight excluding hydrogens is 262 g/mol. The third-order valence-electron chi connectivity index (χ3n) is 3.32. The second kappa shape index (κ2) is 6.93. The molecule has 110 valence electrons. The summed E-state index contributed by atoms with van der Waals surface area (Å²) in [5.41, 5.74) is 4.15. The van der Waals surface area contributed by atoms with Crippen LogP contribution in [0.2, 0.25) is 0 Å². The molecule has 0 saturated carbocycles. The summed E-state index contributed by atoms with van der Waals surface area (Å²) < 4.78 is 5.60. The number of aryl methyl sites for hydroxylation is 3. The van der Waals surface area contributed by atoms with Crippen molar-refractivity contribution in [3.63, 3.8) is 0 Å². The maximum absolute atomic E-state index is 11.9. The lowest BCUT2D eigenvalue weighted by molar-refractivity contribution is -0.118. The third-order valence-corrected chi connectivity index (χ3v) is 3.32. The lowest BCUT2D eigenvalue weighted by Crippen LogP contribution is -2.20. The molecule has 1 N–H and O–H groups in total. The van der Waals surface area contributed by atoms with Crippen molar-refractivity contribution in [1.82, 2.24) is 0 Å². The Morgan fingerprint density at radius 2 is 1.95 bits per heavy atom. The molecule has 0 atom stereocenters. The first kappa shape index (κ1) is 15.1. The van der Waals surface area contributed by atoms with Gasteiger partial charge < -0.3 is 10.1 Å². The van der Waals surface area contributed by atoms with Crippen molar-refractivity contribution in [2.75, 3.05) is 11.9 Å². The van der Waals surface area contributed by atoms with Crippen molar-refractivity contribution < 1.29 is 9.53 Å². The van der Waals surface area contributed by atoms with Crippen molar-refractivity contribution in [3.05, 3.63) is 59.2 Å². The zero-order valence-electron chi connectivity index (χ0n) is 12.8. The van der Waals surface area contributed by atoms with E-state index < -0.39 is 0 Å². The van der Waals surface area contributed by atoms with Crippen molar-refractivity contribution in [2.45, 2.75) is 27.2 Å². The number of hydrogen-bond acceptors (Lipinski definition) is 2. The zero-order chi connectivity index (χ0) is 15.2. The third kappa shape index (κ3) is 4.35. The highest BCUT2D eigenvalue weighted by Crippen LogP contribution is 2.19. The molecule has 0 aliphatic carbocycles. The van der Waals surface area contributed by atoms with Gasteiger partial charge in [0.25, 0.3) is 5.91 Å². The topological polar surface area (TPSA) is 38.3 Å². The van der Waals surface area contributed by atoms with Crippen LogP contribution in [0.15, 0.2) is 42.5 Å². The number of nitrogens with one attached hydrogen (secondary N) is 1. The molecule has 0 aliphatic rings. The Bertz CT molecular complexity index is 635. The van der Waals surface area contributed by atoms with E-state index in [1.165, 1.54) is 5.56 Å². The van der Waals surface area contributed by atoms with Crippen LogP contribution in [-0.4, -0.2) is 12.5 Å². The number of hydrogen-bond donors (Lipinski definition) is 1. The number of carbonyl (C=O) groups is 1. The Balaban J connectivity index is 1.94. The number of ether oxygens (including phenoxy) is 1. The Morgan fingerprint density at radius 3 is 2.71 bits per heavy atom. The quantitative estimate of drug-likeness (QED) is 0.904. The summed E-state index contributed by atoms with van der Waals surface area (Å²) in [5.74, 6) is 0.608. The van der Waals surface area contributed by atoms with Crippen molar-refractivity contribution in [3.8, 4) is 5.75 Å². The van der Waals surface area contributed by atoms with Crippen LogP contribution >= 0.6 is 0 Å². The molecule has 2 aromatic carbocycles. The fourth-order valence-corrected chi connectivity index (χ4v) is 2.07. The van der Waals surface area contributed by atoms with E-state index >= 15 is 0 Å². The first-order valence-electron chi connectivity index (χ1n) is 7.17. The molecular formula is C18H21NO2. The van der Waals surface area contributed by atoms with Gasteiger partial charge >= 0.3 is 0 Å². The number of benzene rings is 2. The largest absolute Gasteiger partial charge is 0.483 e. The molecule has 2 rings (SSSR count). The van der Waals surface area contributed by atoms with Gasteiger partial charge in [-0.25, -0.2) is 0 Å². The SMILES string of the molecule is CCc1cccc(NC(=O)COc2cc(C)ccc2C)c1. The highest BCUT2D eigenvalue weighted by atomic mass is 16.5. The average molecular weight is 283 g/mol. The van der Waals surface area contributed by atoms with E-state index in [-0.39, 0.29) is 12.5 Å². The molecule has 0 bridgehead atoms. The Labute approximate surface area is 126 Å². The van der Waals surface area contributed by atoms with E-state index in [0.717, 1.165) is 29.0 Å². The molecule has 3 nitrogen and oxygen atoms in total. The summed E-state index contributed by atoms with van der Waals surface area (Å²) in [7, 11) is 0. The molecule has 3 heteroatoms. The van der Waals surface area contributed by atoms with E-state index in [1.807, 2.05) is 56.3 Å². The Kier molecular flexibility index (Phi) is 4.99. The van der Waals surface area contributed by atoms with E-state index in [2.05, 4.69) is 12.2 Å². The van der Waals surface area contributed by atoms with Gasteiger partial charge in [-0.1, -0.05) is 31.2 Å². The van der Waals surface area contributed by atoms with E-state index in [9.17, 15) is 4.79 Å². The summed E-state index contributed by atoms with van der Waals surface area (Å²) in [4.78, 5) is 11.9. The summed E-state index contributed by atoms with van der Waals surface area (Å²) in [6, 6.07) is 13.8. The standard InChI is InChI=1S/C18H21NO2/c1-4-15-6-5-7-16(11-15)19-18(20)12-21-17-10-13(2)8-9-14(17)3/h5-11H,4,12H2,1-3H3,(H,19,20). The minimum absolute atomic E-state index is 0.0145. The van der Waals surface area contributed by atoms with Crippen LogP contribution in [-0.2, 0) is 11.2 Å². The van der Waals surface area contributed by atoms with Crippen LogP contribution in [0.1, 0.15) is 23.6 Å². The van der Waals surface area contributed by atoms with E-state index in [1.54, 1.807) is 0 Å². The minimum Gasteiger partial charge on any atom is -0.483 e. The molecule has 21 heavy (non-hydrogen) atoms. The maximum Gasteiger partial charge on any atom is 0.262 e. The molecule has 0 radical (unpaired) electrons. The molecule has 0 aliphatic heterocycles. The van der Waals surface area contributed by atoms with Gasteiger partial charge in [-0.3, -0.25) is 4.79 Å². The number of amides is 1. The monoisotopic (exact) mass is 283 g/mol. The van der Waals surface area contributed by atoms with Crippen LogP contribution in [0.3, 0.4) is 0 Å². The smallest absolute Gasteiger partial charge is 0.262 e. The van der Waals surface area contributed by atoms with Crippen LogP contribution in [0.5, 0.6) is 5.75 Å². The van der Waals surface area contributed by atoms with Crippen molar-refractivity contribution in [1.29, 1.82) is 0 Å². The van der Waals surface area contributed by atoms with Crippen molar-refractivity contribution in [2.24, 2.45) is 0 Å². The Hall–Kier alpha value is -2.29. The van der Waals surface area contributed by atoms with Gasteiger partial charge in [0.05, 0.1) is 0 Å². The van der Waals surface area contributed by atoms with E-state index in [0.29, 0.717) is 0 Å². The summed E-state index contributed by atoms with van der Waals surface area (Å²) in [6.07, 6.45) is 0.947. The average Bonchev–Trinajstić information content (AvgIpc) is 2.48. The van der Waals surface area contributed by atoms with Gasteiger partial charge in [0.2, 0.25) is 0 Å². The molecule has 1 amide bonds. The lowest BCUT2D eigenvalue weighted by atomic mass is 10.1. The normalized spacial score (nSPS) is 10.2. The predicted octanol–water partition coefficient (Wildman–Crippen LogP) is 3.88. The van der Waals surface area contributed by atoms with Crippen LogP contribution in [0.4, 0.5) is 5.69 Å². The molecule has 0 unspecified atom stereocenters. The Morgan fingerprint density at radius 1 is 1.14 bits per heavy atom. The van der Waals surface area contributed by atoms with Gasteiger partial charge in [-0.15, -0.1) is 0 Å². The number of carbonyl (C=O) groups excluding carboxylic acids is 1. The molecule has 0 heterocycles.